The van der Waals surface area contributed by atoms with E-state index in [0.29, 0.717) is 0 Å². The quantitative estimate of drug-likeness (QED) is 0.652. The summed E-state index contributed by atoms with van der Waals surface area (Å²) in [5.41, 5.74) is 3.19. The molecule has 4 rings (SSSR count). The number of thiophene rings is 1. The Morgan fingerprint density at radius 3 is 3.08 bits per heavy atom. The van der Waals surface area contributed by atoms with Crippen molar-refractivity contribution in [2.75, 3.05) is 6.54 Å². The van der Waals surface area contributed by atoms with Gasteiger partial charge in [-0.3, -0.25) is 4.79 Å². The predicted octanol–water partition coefficient (Wildman–Crippen LogP) is 4.65. The molecule has 0 radical (unpaired) electrons. The molecular weight excluding hydrogens is 318 g/mol. The second kappa shape index (κ2) is 6.29. The molecule has 0 unspecified atom stereocenters. The van der Waals surface area contributed by atoms with Gasteiger partial charge in [0.25, 0.3) is 0 Å². The van der Waals surface area contributed by atoms with Crippen LogP contribution in [0.4, 0.5) is 0 Å². The number of benzene rings is 1. The zero-order valence-electron chi connectivity index (χ0n) is 13.6. The number of para-hydroxylation sites is 1. The molecular formula is C20H19NO2S. The Kier molecular flexibility index (Phi) is 3.98. The van der Waals surface area contributed by atoms with Crippen molar-refractivity contribution >= 4 is 34.3 Å². The van der Waals surface area contributed by atoms with Crippen molar-refractivity contribution in [3.05, 3.63) is 63.6 Å². The Bertz CT molecular complexity index is 919. The van der Waals surface area contributed by atoms with E-state index in [9.17, 15) is 4.79 Å². The number of rotatable bonds is 3. The third-order valence-corrected chi connectivity index (χ3v) is 5.57. The summed E-state index contributed by atoms with van der Waals surface area (Å²) in [5.74, 6) is 0.998. The maximum Gasteiger partial charge on any atom is 0.246 e. The second-order valence-electron chi connectivity index (χ2n) is 6.00. The van der Waals surface area contributed by atoms with Gasteiger partial charge in [-0.05, 0) is 35.6 Å². The van der Waals surface area contributed by atoms with Gasteiger partial charge in [0.15, 0.2) is 0 Å². The van der Waals surface area contributed by atoms with Crippen molar-refractivity contribution in [1.29, 1.82) is 0 Å². The molecule has 3 aromatic rings. The molecule has 0 saturated carbocycles. The number of nitrogens with zero attached hydrogens (tertiary/aromatic N) is 1. The highest BCUT2D eigenvalue weighted by Gasteiger charge is 2.20. The first kappa shape index (κ1) is 15.2. The van der Waals surface area contributed by atoms with Crippen molar-refractivity contribution in [2.24, 2.45) is 0 Å². The number of fused-ring (bicyclic) bond motifs is 2. The van der Waals surface area contributed by atoms with Crippen molar-refractivity contribution in [2.45, 2.75) is 26.3 Å². The zero-order valence-corrected chi connectivity index (χ0v) is 14.4. The van der Waals surface area contributed by atoms with E-state index in [1.807, 2.05) is 35.2 Å². The van der Waals surface area contributed by atoms with Crippen LogP contribution in [-0.2, 0) is 24.2 Å². The largest absolute Gasteiger partial charge is 0.460 e. The van der Waals surface area contributed by atoms with Crippen LogP contribution in [-0.4, -0.2) is 17.4 Å². The van der Waals surface area contributed by atoms with Gasteiger partial charge in [-0.1, -0.05) is 25.1 Å². The highest BCUT2D eigenvalue weighted by molar-refractivity contribution is 7.10. The minimum atomic E-state index is 0.0687. The number of carbonyl (C=O) groups excluding carboxylic acids is 1. The van der Waals surface area contributed by atoms with Crippen molar-refractivity contribution in [3.8, 4) is 0 Å². The lowest BCUT2D eigenvalue weighted by atomic mass is 10.1. The monoisotopic (exact) mass is 337 g/mol. The van der Waals surface area contributed by atoms with Crippen LogP contribution in [0.5, 0.6) is 0 Å². The Morgan fingerprint density at radius 2 is 2.21 bits per heavy atom. The molecule has 3 nitrogen and oxygen atoms in total. The van der Waals surface area contributed by atoms with Crippen LogP contribution in [0, 0.1) is 0 Å². The summed E-state index contributed by atoms with van der Waals surface area (Å²) in [5, 5.41) is 3.18. The van der Waals surface area contributed by atoms with Crippen molar-refractivity contribution < 1.29 is 9.21 Å². The van der Waals surface area contributed by atoms with Crippen molar-refractivity contribution in [1.82, 2.24) is 4.90 Å². The number of furan rings is 1. The van der Waals surface area contributed by atoms with Crippen LogP contribution in [0.25, 0.3) is 17.0 Å². The fraction of sp³-hybridized carbons (Fsp3) is 0.250. The topological polar surface area (TPSA) is 33.5 Å². The normalized spacial score (nSPS) is 14.5. The molecule has 0 bridgehead atoms. The Balaban J connectivity index is 1.58. The maximum atomic E-state index is 12.6. The van der Waals surface area contributed by atoms with Gasteiger partial charge < -0.3 is 9.32 Å². The van der Waals surface area contributed by atoms with E-state index >= 15 is 0 Å². The van der Waals surface area contributed by atoms with Crippen LogP contribution in [0.15, 0.2) is 46.2 Å². The highest BCUT2D eigenvalue weighted by Crippen LogP contribution is 2.28. The van der Waals surface area contributed by atoms with E-state index in [1.54, 1.807) is 17.4 Å². The molecule has 0 fully saturated rings. The summed E-state index contributed by atoms with van der Waals surface area (Å²) in [6.07, 6.45) is 5.37. The minimum Gasteiger partial charge on any atom is -0.460 e. The average Bonchev–Trinajstić information content (AvgIpc) is 3.22. The van der Waals surface area contributed by atoms with E-state index in [0.717, 1.165) is 48.2 Å². The summed E-state index contributed by atoms with van der Waals surface area (Å²) in [6, 6.07) is 10.1. The van der Waals surface area contributed by atoms with Gasteiger partial charge in [0.2, 0.25) is 5.91 Å². The Morgan fingerprint density at radius 1 is 1.33 bits per heavy atom. The molecule has 0 saturated heterocycles. The third-order valence-electron chi connectivity index (χ3n) is 4.54. The molecule has 4 heteroatoms. The summed E-state index contributed by atoms with van der Waals surface area (Å²) < 4.78 is 5.89. The van der Waals surface area contributed by atoms with Gasteiger partial charge in [-0.15, -0.1) is 11.3 Å². The number of hydrogen-bond donors (Lipinski definition) is 0. The zero-order chi connectivity index (χ0) is 16.5. The second-order valence-corrected chi connectivity index (χ2v) is 7.00. The molecule has 3 heterocycles. The number of aryl methyl sites for hydroxylation is 1. The minimum absolute atomic E-state index is 0.0687. The summed E-state index contributed by atoms with van der Waals surface area (Å²) in [4.78, 5) is 15.9. The van der Waals surface area contributed by atoms with E-state index in [1.165, 1.54) is 10.4 Å². The summed E-state index contributed by atoms with van der Waals surface area (Å²) in [6.45, 7) is 3.58. The molecule has 1 aromatic carbocycles. The molecule has 1 aliphatic rings. The van der Waals surface area contributed by atoms with Crippen LogP contribution in [0.2, 0.25) is 0 Å². The first-order chi connectivity index (χ1) is 11.8. The fourth-order valence-corrected chi connectivity index (χ4v) is 4.15. The van der Waals surface area contributed by atoms with Crippen LogP contribution < -0.4 is 0 Å². The van der Waals surface area contributed by atoms with Crippen LogP contribution in [0.1, 0.15) is 28.7 Å². The number of amides is 1. The highest BCUT2D eigenvalue weighted by atomic mass is 32.1. The Hall–Kier alpha value is -2.33. The maximum absolute atomic E-state index is 12.6. The summed E-state index contributed by atoms with van der Waals surface area (Å²) >= 11 is 1.79. The van der Waals surface area contributed by atoms with Crippen molar-refractivity contribution in [3.63, 3.8) is 0 Å². The number of hydrogen-bond acceptors (Lipinski definition) is 3. The van der Waals surface area contributed by atoms with Gasteiger partial charge >= 0.3 is 0 Å². The van der Waals surface area contributed by atoms with Gasteiger partial charge in [0, 0.05) is 41.4 Å². The van der Waals surface area contributed by atoms with Crippen LogP contribution in [0.3, 0.4) is 0 Å². The first-order valence-corrected chi connectivity index (χ1v) is 9.17. The van der Waals surface area contributed by atoms with Gasteiger partial charge in [-0.25, -0.2) is 0 Å². The number of carbonyl (C=O) groups is 1. The fourth-order valence-electron chi connectivity index (χ4n) is 3.26. The van der Waals surface area contributed by atoms with Gasteiger partial charge in [0.1, 0.15) is 11.3 Å². The molecule has 0 atom stereocenters. The van der Waals surface area contributed by atoms with Gasteiger partial charge in [-0.2, -0.15) is 0 Å². The van der Waals surface area contributed by atoms with Crippen LogP contribution >= 0.6 is 11.3 Å². The Labute approximate surface area is 145 Å². The molecule has 0 aliphatic carbocycles. The molecule has 122 valence electrons. The molecule has 1 aliphatic heterocycles. The lowest BCUT2D eigenvalue weighted by Gasteiger charge is -2.25. The molecule has 2 aromatic heterocycles. The molecule has 0 N–H and O–H groups in total. The van der Waals surface area contributed by atoms with E-state index in [4.69, 9.17) is 4.42 Å². The molecule has 24 heavy (non-hydrogen) atoms. The van der Waals surface area contributed by atoms with Gasteiger partial charge in [0.05, 0.1) is 0 Å². The van der Waals surface area contributed by atoms with E-state index in [2.05, 4.69) is 18.4 Å². The molecule has 0 spiro atoms. The first-order valence-electron chi connectivity index (χ1n) is 8.29. The van der Waals surface area contributed by atoms with E-state index < -0.39 is 0 Å². The lowest BCUT2D eigenvalue weighted by Crippen LogP contribution is -2.34. The average molecular weight is 337 g/mol. The van der Waals surface area contributed by atoms with E-state index in [-0.39, 0.29) is 5.91 Å². The SMILES string of the molecule is CCc1oc2ccccc2c1C=CC(=O)N1CCc2sccc2C1. The smallest absolute Gasteiger partial charge is 0.246 e. The predicted molar refractivity (Wildman–Crippen MR) is 98.1 cm³/mol. The lowest BCUT2D eigenvalue weighted by molar-refractivity contribution is -0.126. The summed E-state index contributed by atoms with van der Waals surface area (Å²) in [7, 11) is 0. The third kappa shape index (κ3) is 2.67. The molecule has 1 amide bonds. The standard InChI is InChI=1S/C20H19NO2S/c1-2-17-16(15-5-3-4-6-18(15)23-17)7-8-20(22)21-11-9-19-14(13-21)10-12-24-19/h3-8,10,12H,2,9,11,13H2,1H3.